The highest BCUT2D eigenvalue weighted by Gasteiger charge is 2.20. The normalized spacial score (nSPS) is 11.7. The molecule has 4 N–H and O–H groups in total. The molecule has 0 aliphatic carbocycles. The molecule has 8 heteroatoms. The van der Waals surface area contributed by atoms with Gasteiger partial charge in [0.15, 0.2) is 0 Å². The van der Waals surface area contributed by atoms with Crippen molar-refractivity contribution in [3.05, 3.63) is 53.6 Å². The van der Waals surface area contributed by atoms with E-state index in [1.165, 1.54) is 19.2 Å². The van der Waals surface area contributed by atoms with Crippen LogP contribution in [0, 0.1) is 6.92 Å². The van der Waals surface area contributed by atoms with E-state index >= 15 is 0 Å². The third kappa shape index (κ3) is 5.45. The minimum Gasteiger partial charge on any atom is -0.495 e. The lowest BCUT2D eigenvalue weighted by Gasteiger charge is -2.19. The van der Waals surface area contributed by atoms with Crippen LogP contribution >= 0.6 is 0 Å². The maximum Gasteiger partial charge on any atom is 0.262 e. The molecule has 27 heavy (non-hydrogen) atoms. The van der Waals surface area contributed by atoms with E-state index in [-0.39, 0.29) is 22.9 Å². The number of ether oxygens (including phenoxy) is 1. The van der Waals surface area contributed by atoms with Crippen molar-refractivity contribution in [1.29, 1.82) is 0 Å². The van der Waals surface area contributed by atoms with Crippen LogP contribution in [-0.4, -0.2) is 33.5 Å². The first-order valence-corrected chi connectivity index (χ1v) is 9.85. The van der Waals surface area contributed by atoms with E-state index in [0.29, 0.717) is 17.0 Å². The van der Waals surface area contributed by atoms with Gasteiger partial charge in [-0.25, -0.2) is 8.42 Å². The molecule has 0 spiro atoms. The summed E-state index contributed by atoms with van der Waals surface area (Å²) in [7, 11) is -2.44. The fourth-order valence-electron chi connectivity index (χ4n) is 2.35. The number of para-hydroxylation sites is 2. The van der Waals surface area contributed by atoms with Gasteiger partial charge >= 0.3 is 0 Å². The summed E-state index contributed by atoms with van der Waals surface area (Å²) in [6.07, 6.45) is 0. The number of benzene rings is 2. The second-order valence-electron chi connectivity index (χ2n) is 6.95. The number of amides is 1. The third-order valence-corrected chi connectivity index (χ3v) is 5.18. The van der Waals surface area contributed by atoms with Crippen LogP contribution in [-0.2, 0) is 10.0 Å². The number of carbonyl (C=O) groups excluding carboxylic acids is 1. The number of nitrogens with two attached hydrogens (primary N) is 1. The van der Waals surface area contributed by atoms with Crippen LogP contribution in [0.15, 0.2) is 47.4 Å². The summed E-state index contributed by atoms with van der Waals surface area (Å²) in [4.78, 5) is 12.4. The molecule has 2 aromatic carbocycles. The Hall–Kier alpha value is -2.58. The number of carbonyl (C=O) groups is 1. The van der Waals surface area contributed by atoms with Crippen molar-refractivity contribution < 1.29 is 17.9 Å². The van der Waals surface area contributed by atoms with Gasteiger partial charge in [-0.2, -0.15) is 0 Å². The van der Waals surface area contributed by atoms with Crippen LogP contribution in [0.3, 0.4) is 0 Å². The molecular formula is C19H25N3O4S. The number of nitrogens with one attached hydrogen (secondary N) is 2. The Morgan fingerprint density at radius 1 is 1.19 bits per heavy atom. The fraction of sp³-hybridized carbons (Fsp3) is 0.316. The standard InChI is InChI=1S/C19H25N3O4S/c1-13-9-10-14(11-15(13)18(23)21-12-19(2,3)20)27(24,25)22-16-7-5-6-8-17(16)26-4/h5-11,22H,12,20H2,1-4H3,(H,21,23). The van der Waals surface area contributed by atoms with Crippen molar-refractivity contribution in [3.8, 4) is 5.75 Å². The monoisotopic (exact) mass is 391 g/mol. The van der Waals surface area contributed by atoms with Crippen LogP contribution in [0.4, 0.5) is 5.69 Å². The quantitative estimate of drug-likeness (QED) is 0.671. The second kappa shape index (κ2) is 7.98. The second-order valence-corrected chi connectivity index (χ2v) is 8.64. The van der Waals surface area contributed by atoms with Crippen molar-refractivity contribution in [2.75, 3.05) is 18.4 Å². The first kappa shape index (κ1) is 20.7. The van der Waals surface area contributed by atoms with Crippen LogP contribution in [0.5, 0.6) is 5.75 Å². The highest BCUT2D eigenvalue weighted by atomic mass is 32.2. The molecule has 2 aromatic rings. The first-order valence-electron chi connectivity index (χ1n) is 8.37. The highest BCUT2D eigenvalue weighted by molar-refractivity contribution is 7.92. The van der Waals surface area contributed by atoms with Gasteiger partial charge in [0.25, 0.3) is 15.9 Å². The van der Waals surface area contributed by atoms with Crippen molar-refractivity contribution in [1.82, 2.24) is 5.32 Å². The van der Waals surface area contributed by atoms with Crippen LogP contribution in [0.1, 0.15) is 29.8 Å². The maximum absolute atomic E-state index is 12.8. The van der Waals surface area contributed by atoms with Crippen molar-refractivity contribution in [2.24, 2.45) is 5.73 Å². The molecule has 0 heterocycles. The van der Waals surface area contributed by atoms with Crippen molar-refractivity contribution in [2.45, 2.75) is 31.2 Å². The fourth-order valence-corrected chi connectivity index (χ4v) is 3.45. The Kier molecular flexibility index (Phi) is 6.12. The summed E-state index contributed by atoms with van der Waals surface area (Å²) in [5.41, 5.74) is 6.57. The molecule has 0 aromatic heterocycles. The minimum absolute atomic E-state index is 0.0174. The maximum atomic E-state index is 12.8. The largest absolute Gasteiger partial charge is 0.495 e. The number of hydrogen-bond donors (Lipinski definition) is 3. The van der Waals surface area contributed by atoms with Gasteiger partial charge in [0.2, 0.25) is 0 Å². The highest BCUT2D eigenvalue weighted by Crippen LogP contribution is 2.26. The number of rotatable bonds is 7. The van der Waals surface area contributed by atoms with Gasteiger partial charge in [0.05, 0.1) is 17.7 Å². The Morgan fingerprint density at radius 3 is 2.48 bits per heavy atom. The van der Waals surface area contributed by atoms with E-state index in [9.17, 15) is 13.2 Å². The van der Waals surface area contributed by atoms with Gasteiger partial charge in [0.1, 0.15) is 5.75 Å². The van der Waals surface area contributed by atoms with E-state index in [0.717, 1.165) is 0 Å². The summed E-state index contributed by atoms with van der Waals surface area (Å²) in [6, 6.07) is 11.1. The Bertz CT molecular complexity index is 934. The summed E-state index contributed by atoms with van der Waals surface area (Å²) in [5.74, 6) is 0.0247. The average Bonchev–Trinajstić information content (AvgIpc) is 2.59. The zero-order valence-electron chi connectivity index (χ0n) is 15.9. The number of sulfonamides is 1. The minimum atomic E-state index is -3.90. The lowest BCUT2D eigenvalue weighted by Crippen LogP contribution is -2.45. The lowest BCUT2D eigenvalue weighted by atomic mass is 10.1. The average molecular weight is 391 g/mol. The molecule has 0 unspecified atom stereocenters. The lowest BCUT2D eigenvalue weighted by molar-refractivity contribution is 0.0945. The number of anilines is 1. The summed E-state index contributed by atoms with van der Waals surface area (Å²) in [5, 5.41) is 2.73. The molecule has 0 aliphatic heterocycles. The molecular weight excluding hydrogens is 366 g/mol. The molecule has 0 saturated heterocycles. The molecule has 1 amide bonds. The predicted octanol–water partition coefficient (Wildman–Crippen LogP) is 2.27. The molecule has 146 valence electrons. The molecule has 0 radical (unpaired) electrons. The van der Waals surface area contributed by atoms with Crippen molar-refractivity contribution in [3.63, 3.8) is 0 Å². The Labute approximate surface area is 160 Å². The van der Waals surface area contributed by atoms with Crippen LogP contribution in [0.2, 0.25) is 0 Å². The number of hydrogen-bond acceptors (Lipinski definition) is 5. The molecule has 2 rings (SSSR count). The zero-order chi connectivity index (χ0) is 20.2. The first-order chi connectivity index (χ1) is 12.5. The molecule has 0 bridgehead atoms. The summed E-state index contributed by atoms with van der Waals surface area (Å²) < 4.78 is 33.2. The zero-order valence-corrected chi connectivity index (χ0v) is 16.7. The molecule has 0 aliphatic rings. The van der Waals surface area contributed by atoms with Gasteiger partial charge < -0.3 is 15.8 Å². The Morgan fingerprint density at radius 2 is 1.85 bits per heavy atom. The van der Waals surface area contributed by atoms with Gasteiger partial charge in [-0.15, -0.1) is 0 Å². The van der Waals surface area contributed by atoms with Crippen LogP contribution < -0.4 is 20.5 Å². The van der Waals surface area contributed by atoms with E-state index in [1.807, 2.05) is 0 Å². The van der Waals surface area contributed by atoms with E-state index in [4.69, 9.17) is 10.5 Å². The van der Waals surface area contributed by atoms with Gasteiger partial charge in [-0.3, -0.25) is 9.52 Å². The third-order valence-electron chi connectivity index (χ3n) is 3.82. The summed E-state index contributed by atoms with van der Waals surface area (Å²) >= 11 is 0. The number of aryl methyl sites for hydroxylation is 1. The SMILES string of the molecule is COc1ccccc1NS(=O)(=O)c1ccc(C)c(C(=O)NCC(C)(C)N)c1. The van der Waals surface area contributed by atoms with E-state index in [2.05, 4.69) is 10.0 Å². The molecule has 0 fully saturated rings. The number of methoxy groups -OCH3 is 1. The van der Waals surface area contributed by atoms with E-state index < -0.39 is 15.6 Å². The van der Waals surface area contributed by atoms with Gasteiger partial charge in [0, 0.05) is 17.6 Å². The Balaban J connectivity index is 2.31. The van der Waals surface area contributed by atoms with Crippen LogP contribution in [0.25, 0.3) is 0 Å². The van der Waals surface area contributed by atoms with Crippen molar-refractivity contribution >= 4 is 21.6 Å². The predicted molar refractivity (Wildman–Crippen MR) is 106 cm³/mol. The van der Waals surface area contributed by atoms with Gasteiger partial charge in [-0.1, -0.05) is 18.2 Å². The smallest absolute Gasteiger partial charge is 0.262 e. The summed E-state index contributed by atoms with van der Waals surface area (Å²) in [6.45, 7) is 5.59. The molecule has 0 saturated carbocycles. The molecule has 7 nitrogen and oxygen atoms in total. The van der Waals surface area contributed by atoms with Gasteiger partial charge in [-0.05, 0) is 50.6 Å². The molecule has 0 atom stereocenters. The van der Waals surface area contributed by atoms with E-state index in [1.54, 1.807) is 51.1 Å². The topological polar surface area (TPSA) is 111 Å².